The number of nitrogens with one attached hydrogen (secondary N) is 1. The molecule has 5 nitrogen and oxygen atoms in total. The molecule has 1 saturated heterocycles. The number of thioether (sulfide) groups is 1. The van der Waals surface area contributed by atoms with Gasteiger partial charge in [-0.2, -0.15) is 0 Å². The summed E-state index contributed by atoms with van der Waals surface area (Å²) >= 11 is 6.57. The van der Waals surface area contributed by atoms with Crippen molar-refractivity contribution in [2.45, 2.75) is 5.25 Å². The number of amides is 1. The van der Waals surface area contributed by atoms with Crippen LogP contribution in [-0.2, 0) is 4.79 Å². The van der Waals surface area contributed by atoms with Gasteiger partial charge in [-0.05, 0) is 36.4 Å². The molecular weight excluding hydrogens is 332 g/mol. The van der Waals surface area contributed by atoms with Crippen LogP contribution in [0.2, 0.25) is 0 Å². The standard InChI is InChI=1S/C16H14N2O3S2/c19-11-7-5-10(6-8-11)17-9-14-15(21)18(16(22)23-14)12-3-1-2-4-13(12)20/h1-8,14,17,19-20H,9H2. The Morgan fingerprint density at radius 2 is 1.83 bits per heavy atom. The summed E-state index contributed by atoms with van der Waals surface area (Å²) in [5.74, 6) is 0.0532. The summed E-state index contributed by atoms with van der Waals surface area (Å²) in [5.41, 5.74) is 1.21. The molecule has 1 heterocycles. The van der Waals surface area contributed by atoms with Crippen LogP contribution in [0.4, 0.5) is 11.4 Å². The second-order valence-electron chi connectivity index (χ2n) is 4.96. The van der Waals surface area contributed by atoms with E-state index in [1.54, 1.807) is 42.5 Å². The minimum Gasteiger partial charge on any atom is -0.508 e. The van der Waals surface area contributed by atoms with Gasteiger partial charge in [0.15, 0.2) is 0 Å². The van der Waals surface area contributed by atoms with Gasteiger partial charge in [-0.15, -0.1) is 0 Å². The molecule has 1 atom stereocenters. The summed E-state index contributed by atoms with van der Waals surface area (Å²) in [6, 6.07) is 13.2. The van der Waals surface area contributed by atoms with Gasteiger partial charge in [0.1, 0.15) is 21.1 Å². The second kappa shape index (κ2) is 6.47. The van der Waals surface area contributed by atoms with Gasteiger partial charge in [-0.1, -0.05) is 36.1 Å². The number of benzene rings is 2. The molecule has 0 saturated carbocycles. The van der Waals surface area contributed by atoms with Crippen LogP contribution in [0.25, 0.3) is 0 Å². The summed E-state index contributed by atoms with van der Waals surface area (Å²) in [6.45, 7) is 0.401. The van der Waals surface area contributed by atoms with Gasteiger partial charge in [-0.3, -0.25) is 9.69 Å². The Morgan fingerprint density at radius 3 is 2.52 bits per heavy atom. The Bertz CT molecular complexity index is 749. The van der Waals surface area contributed by atoms with Gasteiger partial charge in [0.25, 0.3) is 0 Å². The van der Waals surface area contributed by atoms with Crippen molar-refractivity contribution in [1.29, 1.82) is 0 Å². The highest BCUT2D eigenvalue weighted by Gasteiger charge is 2.38. The Kier molecular flexibility index (Phi) is 4.40. The summed E-state index contributed by atoms with van der Waals surface area (Å²) in [5, 5.41) is 22.0. The molecule has 0 spiro atoms. The number of anilines is 2. The summed E-state index contributed by atoms with van der Waals surface area (Å²) in [4.78, 5) is 13.9. The lowest BCUT2D eigenvalue weighted by Gasteiger charge is -2.17. The molecule has 2 aromatic carbocycles. The van der Waals surface area contributed by atoms with Crippen LogP contribution in [-0.4, -0.2) is 32.2 Å². The number of hydrogen-bond donors (Lipinski definition) is 3. The predicted molar refractivity (Wildman–Crippen MR) is 96.2 cm³/mol. The lowest BCUT2D eigenvalue weighted by atomic mass is 10.2. The van der Waals surface area contributed by atoms with Crippen LogP contribution < -0.4 is 10.2 Å². The van der Waals surface area contributed by atoms with Crippen LogP contribution in [0.5, 0.6) is 11.5 Å². The number of aromatic hydroxyl groups is 2. The number of para-hydroxylation sites is 2. The van der Waals surface area contributed by atoms with E-state index in [0.717, 1.165) is 5.69 Å². The van der Waals surface area contributed by atoms with E-state index in [0.29, 0.717) is 16.6 Å². The van der Waals surface area contributed by atoms with E-state index >= 15 is 0 Å². The van der Waals surface area contributed by atoms with E-state index < -0.39 is 0 Å². The first-order valence-corrected chi connectivity index (χ1v) is 8.20. The maximum absolute atomic E-state index is 12.6. The van der Waals surface area contributed by atoms with Crippen LogP contribution in [0.15, 0.2) is 48.5 Å². The van der Waals surface area contributed by atoms with E-state index in [4.69, 9.17) is 12.2 Å². The lowest BCUT2D eigenvalue weighted by molar-refractivity contribution is -0.116. The highest BCUT2D eigenvalue weighted by Crippen LogP contribution is 2.36. The molecule has 118 valence electrons. The quantitative estimate of drug-likeness (QED) is 0.584. The topological polar surface area (TPSA) is 72.8 Å². The first-order chi connectivity index (χ1) is 11.1. The number of hydrogen-bond acceptors (Lipinski definition) is 6. The number of phenols is 2. The fourth-order valence-electron chi connectivity index (χ4n) is 2.25. The molecule has 1 aliphatic rings. The van der Waals surface area contributed by atoms with Gasteiger partial charge in [0, 0.05) is 12.2 Å². The number of rotatable bonds is 4. The fraction of sp³-hybridized carbons (Fsp3) is 0.125. The molecule has 23 heavy (non-hydrogen) atoms. The Labute approximate surface area is 142 Å². The minimum absolute atomic E-state index is 0.0240. The molecule has 1 amide bonds. The zero-order valence-corrected chi connectivity index (χ0v) is 13.6. The van der Waals surface area contributed by atoms with Crippen molar-refractivity contribution in [3.8, 4) is 11.5 Å². The van der Waals surface area contributed by atoms with E-state index in [9.17, 15) is 15.0 Å². The number of carbonyl (C=O) groups is 1. The van der Waals surface area contributed by atoms with E-state index in [2.05, 4.69) is 5.32 Å². The van der Waals surface area contributed by atoms with Crippen molar-refractivity contribution in [2.75, 3.05) is 16.8 Å². The summed E-state index contributed by atoms with van der Waals surface area (Å²) in [6.07, 6.45) is 0. The summed E-state index contributed by atoms with van der Waals surface area (Å²) < 4.78 is 0.425. The van der Waals surface area contributed by atoms with E-state index in [1.165, 1.54) is 22.7 Å². The highest BCUT2D eigenvalue weighted by molar-refractivity contribution is 8.25. The molecule has 1 unspecified atom stereocenters. The average molecular weight is 346 g/mol. The zero-order valence-electron chi connectivity index (χ0n) is 12.0. The first-order valence-electron chi connectivity index (χ1n) is 6.92. The maximum Gasteiger partial charge on any atom is 0.248 e. The Hall–Kier alpha value is -2.25. The largest absolute Gasteiger partial charge is 0.508 e. The van der Waals surface area contributed by atoms with Gasteiger partial charge < -0.3 is 15.5 Å². The lowest BCUT2D eigenvalue weighted by Crippen LogP contribution is -2.33. The molecule has 0 bridgehead atoms. The maximum atomic E-state index is 12.6. The van der Waals surface area contributed by atoms with Crippen molar-refractivity contribution in [2.24, 2.45) is 0 Å². The average Bonchev–Trinajstić information content (AvgIpc) is 2.82. The Balaban J connectivity index is 1.71. The molecular formula is C16H14N2O3S2. The van der Waals surface area contributed by atoms with Crippen molar-refractivity contribution >= 4 is 45.6 Å². The molecule has 0 aromatic heterocycles. The number of phenolic OH excluding ortho intramolecular Hbond substituents is 2. The number of nitrogens with zero attached hydrogens (tertiary/aromatic N) is 1. The van der Waals surface area contributed by atoms with Gasteiger partial charge in [0.05, 0.1) is 5.69 Å². The zero-order chi connectivity index (χ0) is 16.4. The van der Waals surface area contributed by atoms with Crippen molar-refractivity contribution < 1.29 is 15.0 Å². The Morgan fingerprint density at radius 1 is 1.13 bits per heavy atom. The molecule has 0 aliphatic carbocycles. The monoisotopic (exact) mass is 346 g/mol. The highest BCUT2D eigenvalue weighted by atomic mass is 32.2. The third-order valence-corrected chi connectivity index (χ3v) is 4.91. The van der Waals surface area contributed by atoms with Crippen molar-refractivity contribution in [3.63, 3.8) is 0 Å². The fourth-order valence-corrected chi connectivity index (χ4v) is 3.69. The van der Waals surface area contributed by atoms with Gasteiger partial charge >= 0.3 is 0 Å². The molecule has 3 rings (SSSR count). The third-order valence-electron chi connectivity index (χ3n) is 3.40. The van der Waals surface area contributed by atoms with E-state index in [1.807, 2.05) is 0 Å². The van der Waals surface area contributed by atoms with Gasteiger partial charge in [0.2, 0.25) is 5.91 Å². The number of thiocarbonyl (C=S) groups is 1. The molecule has 1 fully saturated rings. The summed E-state index contributed by atoms with van der Waals surface area (Å²) in [7, 11) is 0. The molecule has 7 heteroatoms. The molecule has 3 N–H and O–H groups in total. The van der Waals surface area contributed by atoms with Crippen molar-refractivity contribution in [3.05, 3.63) is 48.5 Å². The van der Waals surface area contributed by atoms with Gasteiger partial charge in [-0.25, -0.2) is 0 Å². The van der Waals surface area contributed by atoms with Crippen LogP contribution in [0, 0.1) is 0 Å². The molecule has 0 radical (unpaired) electrons. The van der Waals surface area contributed by atoms with Crippen molar-refractivity contribution in [1.82, 2.24) is 0 Å². The van der Waals surface area contributed by atoms with Crippen LogP contribution in [0.1, 0.15) is 0 Å². The smallest absolute Gasteiger partial charge is 0.248 e. The molecule has 2 aromatic rings. The third kappa shape index (κ3) is 3.25. The van der Waals surface area contributed by atoms with E-state index in [-0.39, 0.29) is 22.7 Å². The predicted octanol–water partition coefficient (Wildman–Crippen LogP) is 2.94. The normalized spacial score (nSPS) is 17.6. The minimum atomic E-state index is -0.365. The van der Waals surface area contributed by atoms with Crippen LogP contribution >= 0.6 is 24.0 Å². The SMILES string of the molecule is O=C1C(CNc2ccc(O)cc2)SC(=S)N1c1ccccc1O. The molecule has 1 aliphatic heterocycles. The van der Waals surface area contributed by atoms with Crippen LogP contribution in [0.3, 0.4) is 0 Å². The number of carbonyl (C=O) groups excluding carboxylic acids is 1. The second-order valence-corrected chi connectivity index (χ2v) is 6.80. The first kappa shape index (κ1) is 15.6.